The summed E-state index contributed by atoms with van der Waals surface area (Å²) in [6, 6.07) is 17.5. The summed E-state index contributed by atoms with van der Waals surface area (Å²) in [7, 11) is 4.51. The summed E-state index contributed by atoms with van der Waals surface area (Å²) >= 11 is 6.37. The predicted molar refractivity (Wildman–Crippen MR) is 155 cm³/mol. The number of hydrogen-bond donors (Lipinski definition) is 1. The number of halogens is 1. The summed E-state index contributed by atoms with van der Waals surface area (Å²) in [5.41, 5.74) is 2.88. The summed E-state index contributed by atoms with van der Waals surface area (Å²) in [6.07, 6.45) is 0.505. The number of rotatable bonds is 8. The van der Waals surface area contributed by atoms with E-state index in [1.807, 2.05) is 48.5 Å². The average molecular weight is 564 g/mol. The zero-order valence-electron chi connectivity index (χ0n) is 23.6. The first kappa shape index (κ1) is 29.0. The van der Waals surface area contributed by atoms with E-state index in [4.69, 9.17) is 25.8 Å². The third-order valence-corrected chi connectivity index (χ3v) is 7.46. The molecule has 1 amide bonds. The molecule has 0 aromatic heterocycles. The first-order valence-corrected chi connectivity index (χ1v) is 13.3. The van der Waals surface area contributed by atoms with E-state index >= 15 is 0 Å². The van der Waals surface area contributed by atoms with Crippen LogP contribution in [0.2, 0.25) is 5.02 Å². The number of carbonyl (C=O) groups excluding carboxylic acids is 2. The highest BCUT2D eigenvalue weighted by molar-refractivity contribution is 6.46. The molecule has 1 heterocycles. The third-order valence-electron chi connectivity index (χ3n) is 7.16. The standard InChI is InChI=1S/C32H34ClNO6/c1-32(2,3)21-11-9-20(10-12-21)28-27(29(35)23-17-24(33)26(40-6)18-25(23)39-5)30(36)31(37)34(28)16-15-19-7-13-22(38-4)14-8-19/h7-14,17-18,28,35H,15-16H2,1-6H3/b29-27+. The molecule has 1 atom stereocenters. The van der Waals surface area contributed by atoms with Crippen LogP contribution in [-0.2, 0) is 21.4 Å². The maximum atomic E-state index is 13.5. The molecule has 40 heavy (non-hydrogen) atoms. The van der Waals surface area contributed by atoms with E-state index in [9.17, 15) is 14.7 Å². The first-order chi connectivity index (χ1) is 19.0. The molecule has 1 aliphatic heterocycles. The number of likely N-dealkylation sites (tertiary alicyclic amines) is 1. The van der Waals surface area contributed by atoms with Gasteiger partial charge in [-0.05, 0) is 46.7 Å². The molecule has 7 nitrogen and oxygen atoms in total. The van der Waals surface area contributed by atoms with Crippen LogP contribution >= 0.6 is 11.6 Å². The Hall–Kier alpha value is -3.97. The summed E-state index contributed by atoms with van der Waals surface area (Å²) in [4.78, 5) is 28.5. The highest BCUT2D eigenvalue weighted by Crippen LogP contribution is 2.43. The topological polar surface area (TPSA) is 85.3 Å². The number of amides is 1. The van der Waals surface area contributed by atoms with Crippen LogP contribution in [0, 0.1) is 0 Å². The number of ether oxygens (including phenoxy) is 3. The molecule has 0 spiro atoms. The van der Waals surface area contributed by atoms with E-state index in [2.05, 4.69) is 20.8 Å². The number of Topliss-reactive ketones (excluding diaryl/α,β-unsaturated/α-hetero) is 1. The minimum absolute atomic E-state index is 0.0252. The third kappa shape index (κ3) is 5.65. The Kier molecular flexibility index (Phi) is 8.45. The van der Waals surface area contributed by atoms with E-state index in [0.717, 1.165) is 16.9 Å². The molecule has 1 unspecified atom stereocenters. The van der Waals surface area contributed by atoms with Crippen LogP contribution < -0.4 is 14.2 Å². The molecular weight excluding hydrogens is 530 g/mol. The smallest absolute Gasteiger partial charge is 0.295 e. The Morgan fingerprint density at radius 3 is 2.08 bits per heavy atom. The number of hydrogen-bond acceptors (Lipinski definition) is 6. The van der Waals surface area contributed by atoms with Crippen molar-refractivity contribution in [1.82, 2.24) is 4.90 Å². The molecule has 8 heteroatoms. The van der Waals surface area contributed by atoms with Crippen LogP contribution in [0.5, 0.6) is 17.2 Å². The van der Waals surface area contributed by atoms with Crippen LogP contribution in [0.15, 0.2) is 66.2 Å². The molecule has 0 radical (unpaired) electrons. The van der Waals surface area contributed by atoms with Crippen LogP contribution in [0.4, 0.5) is 0 Å². The van der Waals surface area contributed by atoms with Gasteiger partial charge >= 0.3 is 0 Å². The van der Waals surface area contributed by atoms with Crippen molar-refractivity contribution in [3.8, 4) is 17.2 Å². The summed E-state index contributed by atoms with van der Waals surface area (Å²) in [5.74, 6) is -0.481. The largest absolute Gasteiger partial charge is 0.507 e. The highest BCUT2D eigenvalue weighted by Gasteiger charge is 2.46. The number of methoxy groups -OCH3 is 3. The normalized spacial score (nSPS) is 16.8. The van der Waals surface area contributed by atoms with E-state index < -0.39 is 17.7 Å². The van der Waals surface area contributed by atoms with Gasteiger partial charge in [0.15, 0.2) is 0 Å². The lowest BCUT2D eigenvalue weighted by atomic mass is 9.85. The van der Waals surface area contributed by atoms with Crippen molar-refractivity contribution in [2.24, 2.45) is 0 Å². The Morgan fingerprint density at radius 2 is 1.52 bits per heavy atom. The van der Waals surface area contributed by atoms with Crippen molar-refractivity contribution in [3.05, 3.63) is 93.5 Å². The Morgan fingerprint density at radius 1 is 0.900 bits per heavy atom. The van der Waals surface area contributed by atoms with Crippen LogP contribution in [0.1, 0.15) is 49.1 Å². The second-order valence-electron chi connectivity index (χ2n) is 10.6. The van der Waals surface area contributed by atoms with Crippen molar-refractivity contribution in [3.63, 3.8) is 0 Å². The minimum Gasteiger partial charge on any atom is -0.507 e. The Bertz CT molecular complexity index is 1440. The second-order valence-corrected chi connectivity index (χ2v) is 11.1. The molecule has 1 fully saturated rings. The average Bonchev–Trinajstić information content (AvgIpc) is 3.20. The van der Waals surface area contributed by atoms with Crippen molar-refractivity contribution in [2.45, 2.75) is 38.6 Å². The zero-order valence-corrected chi connectivity index (χ0v) is 24.3. The molecule has 0 saturated carbocycles. The lowest BCUT2D eigenvalue weighted by Gasteiger charge is -2.27. The van der Waals surface area contributed by atoms with E-state index in [0.29, 0.717) is 17.7 Å². The molecule has 4 rings (SSSR count). The molecule has 1 N–H and O–H groups in total. The number of aliphatic hydroxyl groups is 1. The maximum Gasteiger partial charge on any atom is 0.295 e. The fraction of sp³-hybridized carbons (Fsp3) is 0.312. The van der Waals surface area contributed by atoms with Gasteiger partial charge in [0.1, 0.15) is 23.0 Å². The van der Waals surface area contributed by atoms with Gasteiger partial charge in [0, 0.05) is 12.6 Å². The Labute approximate surface area is 239 Å². The molecule has 210 valence electrons. The molecule has 1 aliphatic rings. The van der Waals surface area contributed by atoms with Crippen molar-refractivity contribution < 1.29 is 28.9 Å². The summed E-state index contributed by atoms with van der Waals surface area (Å²) < 4.78 is 16.0. The van der Waals surface area contributed by atoms with Crippen LogP contribution in [-0.4, -0.2) is 49.6 Å². The molecule has 3 aromatic carbocycles. The molecule has 0 bridgehead atoms. The number of nitrogens with zero attached hydrogens (tertiary/aromatic N) is 1. The van der Waals surface area contributed by atoms with Gasteiger partial charge in [-0.25, -0.2) is 0 Å². The van der Waals surface area contributed by atoms with E-state index in [1.165, 1.54) is 31.3 Å². The fourth-order valence-electron chi connectivity index (χ4n) is 4.85. The van der Waals surface area contributed by atoms with Gasteiger partial charge in [-0.3, -0.25) is 9.59 Å². The molecule has 1 saturated heterocycles. The highest BCUT2D eigenvalue weighted by atomic mass is 35.5. The lowest BCUT2D eigenvalue weighted by Crippen LogP contribution is -2.31. The lowest BCUT2D eigenvalue weighted by molar-refractivity contribution is -0.139. The SMILES string of the molecule is COc1ccc(CCN2C(=O)C(=O)/C(=C(/O)c3cc(Cl)c(OC)cc3OC)C2c2ccc(C(C)(C)C)cc2)cc1. The number of benzene rings is 3. The maximum absolute atomic E-state index is 13.5. The van der Waals surface area contributed by atoms with Gasteiger partial charge in [0.2, 0.25) is 0 Å². The van der Waals surface area contributed by atoms with Crippen LogP contribution in [0.25, 0.3) is 5.76 Å². The van der Waals surface area contributed by atoms with E-state index in [1.54, 1.807) is 7.11 Å². The van der Waals surface area contributed by atoms with Crippen molar-refractivity contribution in [1.29, 1.82) is 0 Å². The van der Waals surface area contributed by atoms with Crippen molar-refractivity contribution >= 4 is 29.1 Å². The first-order valence-electron chi connectivity index (χ1n) is 12.9. The van der Waals surface area contributed by atoms with Gasteiger partial charge in [0.25, 0.3) is 11.7 Å². The van der Waals surface area contributed by atoms with Gasteiger partial charge in [-0.2, -0.15) is 0 Å². The van der Waals surface area contributed by atoms with Gasteiger partial charge < -0.3 is 24.2 Å². The molecule has 3 aromatic rings. The second kappa shape index (κ2) is 11.6. The Balaban J connectivity index is 1.83. The number of aliphatic hydroxyl groups excluding tert-OH is 1. The van der Waals surface area contributed by atoms with E-state index in [-0.39, 0.29) is 39.6 Å². The molecular formula is C32H34ClNO6. The quantitative estimate of drug-likeness (QED) is 0.196. The fourth-order valence-corrected chi connectivity index (χ4v) is 5.10. The monoisotopic (exact) mass is 563 g/mol. The molecule has 0 aliphatic carbocycles. The number of ketones is 1. The van der Waals surface area contributed by atoms with Gasteiger partial charge in [0.05, 0.1) is 43.5 Å². The predicted octanol–water partition coefficient (Wildman–Crippen LogP) is 6.33. The zero-order chi connectivity index (χ0) is 29.2. The summed E-state index contributed by atoms with van der Waals surface area (Å²) in [5, 5.41) is 11.8. The van der Waals surface area contributed by atoms with Crippen LogP contribution in [0.3, 0.4) is 0 Å². The minimum atomic E-state index is -0.808. The van der Waals surface area contributed by atoms with Gasteiger partial charge in [-0.1, -0.05) is 68.8 Å². The van der Waals surface area contributed by atoms with Crippen molar-refractivity contribution in [2.75, 3.05) is 27.9 Å². The number of carbonyl (C=O) groups is 2. The van der Waals surface area contributed by atoms with Gasteiger partial charge in [-0.15, -0.1) is 0 Å². The summed E-state index contributed by atoms with van der Waals surface area (Å²) in [6.45, 7) is 6.60.